The van der Waals surface area contributed by atoms with Gasteiger partial charge in [-0.25, -0.2) is 18.1 Å². The Bertz CT molecular complexity index is 964. The lowest BCUT2D eigenvalue weighted by Gasteiger charge is -2.10. The van der Waals surface area contributed by atoms with E-state index in [2.05, 4.69) is 19.8 Å². The molecule has 0 unspecified atom stereocenters. The van der Waals surface area contributed by atoms with E-state index in [0.29, 0.717) is 12.2 Å². The van der Waals surface area contributed by atoms with Gasteiger partial charge in [0.1, 0.15) is 5.75 Å². The smallest absolute Gasteiger partial charge is 0.406 e. The highest BCUT2D eigenvalue weighted by Gasteiger charge is 2.30. The van der Waals surface area contributed by atoms with Crippen LogP contribution in [-0.4, -0.2) is 27.3 Å². The Morgan fingerprint density at radius 2 is 1.68 bits per heavy atom. The number of rotatable bonds is 8. The molecule has 0 spiro atoms. The Kier molecular flexibility index (Phi) is 10.0. The molecule has 0 aliphatic heterocycles. The van der Waals surface area contributed by atoms with E-state index in [1.807, 2.05) is 13.8 Å². The molecule has 4 N–H and O–H groups in total. The van der Waals surface area contributed by atoms with Gasteiger partial charge in [0.05, 0.1) is 11.4 Å². The predicted molar refractivity (Wildman–Crippen MR) is 124 cm³/mol. The van der Waals surface area contributed by atoms with Gasteiger partial charge in [-0.05, 0) is 47.9 Å². The average Bonchev–Trinajstić information content (AvgIpc) is 2.66. The first-order valence-corrected chi connectivity index (χ1v) is 10.4. The fourth-order valence-corrected chi connectivity index (χ4v) is 3.45. The van der Waals surface area contributed by atoms with E-state index in [4.69, 9.17) is 5.73 Å². The normalized spacial score (nSPS) is 12.4. The molecule has 31 heavy (non-hydrogen) atoms. The van der Waals surface area contributed by atoms with Crippen LogP contribution in [0.2, 0.25) is 0 Å². The third-order valence-electron chi connectivity index (χ3n) is 3.71. The fourth-order valence-electron chi connectivity index (χ4n) is 2.24. The van der Waals surface area contributed by atoms with Gasteiger partial charge in [0.25, 0.3) is 0 Å². The number of aliphatic imine (C=N–C) groups is 1. The number of nitrogens with one attached hydrogen (secondary N) is 2. The van der Waals surface area contributed by atoms with Crippen molar-refractivity contribution in [2.24, 2.45) is 16.6 Å². The molecule has 2 aromatic rings. The van der Waals surface area contributed by atoms with Crippen molar-refractivity contribution in [1.29, 1.82) is 0 Å². The first-order valence-electron chi connectivity index (χ1n) is 8.96. The predicted octanol–water partition coefficient (Wildman–Crippen LogP) is 4.06. The molecule has 0 fully saturated rings. The van der Waals surface area contributed by atoms with Crippen molar-refractivity contribution < 1.29 is 26.3 Å². The summed E-state index contributed by atoms with van der Waals surface area (Å²) in [5.74, 6) is -0.103. The van der Waals surface area contributed by atoms with E-state index in [0.717, 1.165) is 17.7 Å². The molecular formula is C19H24F3IN4O3S. The van der Waals surface area contributed by atoms with Crippen molar-refractivity contribution in [3.8, 4) is 5.75 Å². The van der Waals surface area contributed by atoms with E-state index in [1.165, 1.54) is 24.3 Å². The van der Waals surface area contributed by atoms with E-state index in [-0.39, 0.29) is 53.0 Å². The largest absolute Gasteiger partial charge is 0.573 e. The summed E-state index contributed by atoms with van der Waals surface area (Å²) in [6.45, 7) is 4.35. The number of ether oxygens (including phenoxy) is 1. The van der Waals surface area contributed by atoms with Crippen LogP contribution in [0.15, 0.2) is 58.4 Å². The second kappa shape index (κ2) is 11.5. The third kappa shape index (κ3) is 9.74. The van der Waals surface area contributed by atoms with Crippen LogP contribution in [0.3, 0.4) is 0 Å². The van der Waals surface area contributed by atoms with Crippen LogP contribution in [0.25, 0.3) is 0 Å². The highest BCUT2D eigenvalue weighted by atomic mass is 127. The number of nitrogens with two attached hydrogens (primary N) is 1. The molecule has 0 aromatic heterocycles. The van der Waals surface area contributed by atoms with Gasteiger partial charge in [-0.2, -0.15) is 0 Å². The SMILES string of the molecule is CC(C)CNS(=O)(=O)c1ccc(CN=C(N)Nc2ccc(OC(F)(F)F)cc2)cc1.I. The van der Waals surface area contributed by atoms with Crippen molar-refractivity contribution in [1.82, 2.24) is 4.72 Å². The number of halogens is 4. The third-order valence-corrected chi connectivity index (χ3v) is 5.15. The Balaban J connectivity index is 0.00000480. The second-order valence-electron chi connectivity index (χ2n) is 6.79. The van der Waals surface area contributed by atoms with Crippen molar-refractivity contribution in [3.05, 3.63) is 54.1 Å². The van der Waals surface area contributed by atoms with Crippen molar-refractivity contribution >= 4 is 45.6 Å². The zero-order valence-electron chi connectivity index (χ0n) is 16.8. The number of alkyl halides is 3. The molecule has 0 heterocycles. The maximum absolute atomic E-state index is 12.2. The van der Waals surface area contributed by atoms with E-state index < -0.39 is 16.4 Å². The molecule has 12 heteroatoms. The van der Waals surface area contributed by atoms with Crippen molar-refractivity contribution in [3.63, 3.8) is 0 Å². The summed E-state index contributed by atoms with van der Waals surface area (Å²) in [7, 11) is -3.56. The number of hydrogen-bond acceptors (Lipinski definition) is 4. The Morgan fingerprint density at radius 1 is 1.10 bits per heavy atom. The summed E-state index contributed by atoms with van der Waals surface area (Å²) < 4.78 is 67.2. The monoisotopic (exact) mass is 572 g/mol. The molecule has 2 aromatic carbocycles. The zero-order valence-corrected chi connectivity index (χ0v) is 20.0. The number of hydrogen-bond donors (Lipinski definition) is 3. The van der Waals surface area contributed by atoms with Crippen LogP contribution in [0.5, 0.6) is 5.75 Å². The van der Waals surface area contributed by atoms with Gasteiger partial charge in [0.15, 0.2) is 5.96 Å². The molecule has 0 saturated carbocycles. The summed E-state index contributed by atoms with van der Waals surface area (Å²) in [4.78, 5) is 4.29. The number of benzene rings is 2. The first kappa shape index (κ1) is 27.0. The molecular weight excluding hydrogens is 548 g/mol. The highest BCUT2D eigenvalue weighted by Crippen LogP contribution is 2.23. The lowest BCUT2D eigenvalue weighted by Crippen LogP contribution is -2.27. The highest BCUT2D eigenvalue weighted by molar-refractivity contribution is 14.0. The maximum atomic E-state index is 12.2. The Morgan fingerprint density at radius 3 is 2.19 bits per heavy atom. The molecule has 0 amide bonds. The Hall–Kier alpha value is -2.06. The zero-order chi connectivity index (χ0) is 22.4. The lowest BCUT2D eigenvalue weighted by atomic mass is 10.2. The number of anilines is 1. The van der Waals surface area contributed by atoms with E-state index >= 15 is 0 Å². The number of sulfonamides is 1. The molecule has 172 valence electrons. The van der Waals surface area contributed by atoms with Gasteiger partial charge in [-0.3, -0.25) is 0 Å². The molecule has 0 saturated heterocycles. The molecule has 0 aliphatic rings. The van der Waals surface area contributed by atoms with Gasteiger partial charge in [-0.15, -0.1) is 37.1 Å². The average molecular weight is 572 g/mol. The molecule has 2 rings (SSSR count). The summed E-state index contributed by atoms with van der Waals surface area (Å²) in [5, 5.41) is 2.75. The minimum atomic E-state index is -4.76. The van der Waals surface area contributed by atoms with Gasteiger partial charge < -0.3 is 15.8 Å². The number of nitrogens with zero attached hydrogens (tertiary/aromatic N) is 1. The van der Waals surface area contributed by atoms with E-state index in [1.54, 1.807) is 12.1 Å². The van der Waals surface area contributed by atoms with Crippen LogP contribution in [0, 0.1) is 5.92 Å². The summed E-state index contributed by atoms with van der Waals surface area (Å²) >= 11 is 0. The molecule has 0 radical (unpaired) electrons. The van der Waals surface area contributed by atoms with Crippen LogP contribution in [0.1, 0.15) is 19.4 Å². The summed E-state index contributed by atoms with van der Waals surface area (Å²) in [6.07, 6.45) is -4.76. The fraction of sp³-hybridized carbons (Fsp3) is 0.316. The van der Waals surface area contributed by atoms with E-state index in [9.17, 15) is 21.6 Å². The van der Waals surface area contributed by atoms with Gasteiger partial charge in [0.2, 0.25) is 10.0 Å². The molecule has 0 bridgehead atoms. The number of guanidine groups is 1. The molecule has 0 aliphatic carbocycles. The summed E-state index contributed by atoms with van der Waals surface area (Å²) in [5.41, 5.74) is 6.95. The van der Waals surface area contributed by atoms with Crippen LogP contribution in [0.4, 0.5) is 18.9 Å². The Labute approximate surface area is 196 Å². The summed E-state index contributed by atoms with van der Waals surface area (Å²) in [6, 6.07) is 11.3. The van der Waals surface area contributed by atoms with Gasteiger partial charge in [0, 0.05) is 12.2 Å². The quantitative estimate of drug-likeness (QED) is 0.252. The minimum absolute atomic E-state index is 0. The van der Waals surface area contributed by atoms with Gasteiger partial charge >= 0.3 is 6.36 Å². The van der Waals surface area contributed by atoms with Crippen LogP contribution in [-0.2, 0) is 16.6 Å². The molecule has 0 atom stereocenters. The van der Waals surface area contributed by atoms with Crippen molar-refractivity contribution in [2.75, 3.05) is 11.9 Å². The maximum Gasteiger partial charge on any atom is 0.573 e. The second-order valence-corrected chi connectivity index (χ2v) is 8.56. The van der Waals surface area contributed by atoms with Crippen LogP contribution >= 0.6 is 24.0 Å². The van der Waals surface area contributed by atoms with Gasteiger partial charge in [-0.1, -0.05) is 26.0 Å². The minimum Gasteiger partial charge on any atom is -0.406 e. The topological polar surface area (TPSA) is 106 Å². The first-order chi connectivity index (χ1) is 13.9. The van der Waals surface area contributed by atoms with Crippen molar-refractivity contribution in [2.45, 2.75) is 31.7 Å². The molecule has 7 nitrogen and oxygen atoms in total. The standard InChI is InChI=1S/C19H23F3N4O3S.HI/c1-13(2)11-25-30(27,28)17-9-3-14(4-10-17)12-24-18(23)26-15-5-7-16(8-6-15)29-19(20,21)22;/h3-10,13,25H,11-12H2,1-2H3,(H3,23,24,26);1H. The lowest BCUT2D eigenvalue weighted by molar-refractivity contribution is -0.274. The van der Waals surface area contributed by atoms with Crippen LogP contribution < -0.4 is 20.5 Å².